The Morgan fingerprint density at radius 2 is 1.28 bits per heavy atom. The Labute approximate surface area is 234 Å². The van der Waals surface area contributed by atoms with E-state index < -0.39 is 5.97 Å². The van der Waals surface area contributed by atoms with Crippen LogP contribution in [0.1, 0.15) is 56.9 Å². The molecule has 1 aromatic rings. The fraction of sp³-hybridized carbons (Fsp3) is 0.742. The maximum Gasteiger partial charge on any atom is 0.323 e. The average molecular weight is 545 g/mol. The highest BCUT2D eigenvalue weighted by atomic mass is 16.5. The van der Waals surface area contributed by atoms with Crippen LogP contribution in [-0.4, -0.2) is 92.5 Å². The van der Waals surface area contributed by atoms with Gasteiger partial charge in [-0.2, -0.15) is 0 Å². The Bertz CT molecular complexity index is 886. The second kappa shape index (κ2) is 15.1. The van der Waals surface area contributed by atoms with Crippen LogP contribution in [-0.2, 0) is 30.4 Å². The molecule has 0 saturated carbocycles. The number of benzene rings is 1. The molecule has 4 atom stereocenters. The molecule has 4 fully saturated rings. The first-order valence-electron chi connectivity index (χ1n) is 14.9. The predicted octanol–water partition coefficient (Wildman–Crippen LogP) is 4.07. The number of carboxylic acid groups (broad SMARTS) is 1. The summed E-state index contributed by atoms with van der Waals surface area (Å²) < 4.78 is 16.3. The number of hydrogen-bond donors (Lipinski definition) is 1. The lowest BCUT2D eigenvalue weighted by molar-refractivity contribution is -0.150. The van der Waals surface area contributed by atoms with Gasteiger partial charge in [-0.25, -0.2) is 0 Å². The van der Waals surface area contributed by atoms with Crippen molar-refractivity contribution in [3.05, 3.63) is 35.9 Å². The highest BCUT2D eigenvalue weighted by Gasteiger charge is 2.37. The van der Waals surface area contributed by atoms with E-state index in [0.717, 1.165) is 82.6 Å². The van der Waals surface area contributed by atoms with Gasteiger partial charge in [0.25, 0.3) is 0 Å². The molecule has 1 N–H and O–H groups in total. The van der Waals surface area contributed by atoms with Crippen molar-refractivity contribution in [3.8, 4) is 0 Å². The quantitative estimate of drug-likeness (QED) is 0.490. The van der Waals surface area contributed by atoms with Gasteiger partial charge in [-0.3, -0.25) is 19.4 Å². The number of hydrogen-bond acceptors (Lipinski definition) is 7. The molecule has 0 radical (unpaired) electrons. The van der Waals surface area contributed by atoms with Gasteiger partial charge in [-0.05, 0) is 94.7 Å². The maximum atomic E-state index is 12.4. The van der Waals surface area contributed by atoms with E-state index in [-0.39, 0.29) is 18.1 Å². The Morgan fingerprint density at radius 1 is 0.795 bits per heavy atom. The third-order valence-electron chi connectivity index (χ3n) is 9.07. The number of likely N-dealkylation sites (tertiary alicyclic amines) is 2. The number of rotatable bonds is 8. The minimum Gasteiger partial charge on any atom is -0.480 e. The number of carboxylic acids is 1. The van der Waals surface area contributed by atoms with Gasteiger partial charge in [0.15, 0.2) is 0 Å². The Kier molecular flexibility index (Phi) is 11.6. The molecule has 0 spiro atoms. The summed E-state index contributed by atoms with van der Waals surface area (Å²) in [6.07, 6.45) is 8.79. The van der Waals surface area contributed by atoms with Gasteiger partial charge >= 0.3 is 11.9 Å². The summed E-state index contributed by atoms with van der Waals surface area (Å²) in [7, 11) is 3.96. The lowest BCUT2D eigenvalue weighted by Gasteiger charge is -2.24. The summed E-state index contributed by atoms with van der Waals surface area (Å²) in [6, 6.07) is 9.54. The van der Waals surface area contributed by atoms with Crippen LogP contribution in [0.2, 0.25) is 0 Å². The third kappa shape index (κ3) is 9.27. The summed E-state index contributed by atoms with van der Waals surface area (Å²) in [5.41, 5.74) is 1.04. The monoisotopic (exact) mass is 544 g/mol. The fourth-order valence-electron chi connectivity index (χ4n) is 6.85. The third-order valence-corrected chi connectivity index (χ3v) is 9.07. The molecule has 0 bridgehead atoms. The Morgan fingerprint density at radius 3 is 1.77 bits per heavy atom. The summed E-state index contributed by atoms with van der Waals surface area (Å²) in [6.45, 7) is 5.88. The molecule has 0 amide bonds. The van der Waals surface area contributed by atoms with Gasteiger partial charge in [-0.15, -0.1) is 0 Å². The first-order valence-corrected chi connectivity index (χ1v) is 14.9. The topological polar surface area (TPSA) is 88.5 Å². The second-order valence-corrected chi connectivity index (χ2v) is 12.1. The van der Waals surface area contributed by atoms with E-state index in [2.05, 4.69) is 4.90 Å². The molecular formula is C31H48N2O6. The van der Waals surface area contributed by atoms with Crippen molar-refractivity contribution in [3.63, 3.8) is 0 Å². The van der Waals surface area contributed by atoms with Gasteiger partial charge in [0, 0.05) is 39.5 Å². The maximum absolute atomic E-state index is 12.4. The molecule has 8 nitrogen and oxygen atoms in total. The number of carbonyl (C=O) groups excluding carboxylic acids is 1. The van der Waals surface area contributed by atoms with Crippen molar-refractivity contribution in [1.29, 1.82) is 0 Å². The van der Waals surface area contributed by atoms with Crippen molar-refractivity contribution in [2.45, 2.75) is 70.1 Å². The molecule has 0 aromatic heterocycles. The largest absolute Gasteiger partial charge is 0.480 e. The van der Waals surface area contributed by atoms with E-state index in [1.807, 2.05) is 49.3 Å². The predicted molar refractivity (Wildman–Crippen MR) is 149 cm³/mol. The van der Waals surface area contributed by atoms with Crippen LogP contribution in [0, 0.1) is 23.7 Å². The summed E-state index contributed by atoms with van der Waals surface area (Å²) >= 11 is 0. The van der Waals surface area contributed by atoms with Crippen LogP contribution in [0.4, 0.5) is 0 Å². The van der Waals surface area contributed by atoms with Crippen LogP contribution < -0.4 is 0 Å². The van der Waals surface area contributed by atoms with E-state index in [1.54, 1.807) is 0 Å². The standard InChI is InChI=1S/C19H27NO3.C12H21NO3/c1-20-13-17(11-15-7-9-22-10-8-15)12-18(20)19(21)23-14-16-5-3-2-4-6-16;1-13-8-10(7-11(13)12(14)15)6-9-2-4-16-5-3-9/h2-6,15,17-18H,7-14H2,1H3;9-11H,2-8H2,1H3,(H,14,15)/t17-,18-;10-,11-/m00/s1. The first-order chi connectivity index (χ1) is 18.9. The van der Waals surface area contributed by atoms with Crippen molar-refractivity contribution in [1.82, 2.24) is 9.80 Å². The van der Waals surface area contributed by atoms with Crippen LogP contribution in [0.3, 0.4) is 0 Å². The summed E-state index contributed by atoms with van der Waals surface area (Å²) in [5, 5.41) is 9.05. The van der Waals surface area contributed by atoms with Gasteiger partial charge < -0.3 is 19.3 Å². The minimum absolute atomic E-state index is 0.0779. The lowest BCUT2D eigenvalue weighted by Crippen LogP contribution is -2.34. The van der Waals surface area contributed by atoms with Crippen molar-refractivity contribution in [2.75, 3.05) is 53.6 Å². The molecule has 1 aromatic carbocycles. The SMILES string of the molecule is CN1C[C@@H](CC2CCOCC2)C[C@H]1C(=O)O.CN1C[C@@H](CC2CCOCC2)C[C@H]1C(=O)OCc1ccccc1. The molecule has 39 heavy (non-hydrogen) atoms. The molecule has 218 valence electrons. The number of nitrogens with zero attached hydrogens (tertiary/aromatic N) is 2. The van der Waals surface area contributed by atoms with E-state index in [0.29, 0.717) is 18.4 Å². The number of likely N-dealkylation sites (N-methyl/N-ethyl adjacent to an activating group) is 2. The number of ether oxygens (including phenoxy) is 3. The van der Waals surface area contributed by atoms with Crippen LogP contribution in [0.25, 0.3) is 0 Å². The van der Waals surface area contributed by atoms with Crippen molar-refractivity contribution in [2.24, 2.45) is 23.7 Å². The molecule has 4 aliphatic heterocycles. The molecule has 5 rings (SSSR count). The van der Waals surface area contributed by atoms with Gasteiger partial charge in [0.1, 0.15) is 18.7 Å². The second-order valence-electron chi connectivity index (χ2n) is 12.1. The zero-order valence-electron chi connectivity index (χ0n) is 23.8. The van der Waals surface area contributed by atoms with Crippen LogP contribution >= 0.6 is 0 Å². The number of carbonyl (C=O) groups is 2. The van der Waals surface area contributed by atoms with Crippen LogP contribution in [0.15, 0.2) is 30.3 Å². The van der Waals surface area contributed by atoms with Crippen LogP contribution in [0.5, 0.6) is 0 Å². The molecule has 4 heterocycles. The Hall–Kier alpha value is -2.00. The molecule has 0 unspecified atom stereocenters. The smallest absolute Gasteiger partial charge is 0.323 e. The van der Waals surface area contributed by atoms with Crippen molar-refractivity contribution < 1.29 is 28.9 Å². The summed E-state index contributed by atoms with van der Waals surface area (Å²) in [5.74, 6) is 1.94. The zero-order valence-corrected chi connectivity index (χ0v) is 23.8. The fourth-order valence-corrected chi connectivity index (χ4v) is 6.85. The summed E-state index contributed by atoms with van der Waals surface area (Å²) in [4.78, 5) is 27.5. The number of esters is 1. The van der Waals surface area contributed by atoms with E-state index >= 15 is 0 Å². The highest BCUT2D eigenvalue weighted by molar-refractivity contribution is 5.76. The molecule has 4 aliphatic rings. The van der Waals surface area contributed by atoms with Gasteiger partial charge in [0.05, 0.1) is 0 Å². The van der Waals surface area contributed by atoms with Gasteiger partial charge in [0.2, 0.25) is 0 Å². The minimum atomic E-state index is -0.669. The normalized spacial score (nSPS) is 29.1. The molecule has 8 heteroatoms. The molecule has 0 aliphatic carbocycles. The van der Waals surface area contributed by atoms with E-state index in [9.17, 15) is 9.59 Å². The van der Waals surface area contributed by atoms with Gasteiger partial charge in [-0.1, -0.05) is 30.3 Å². The first kappa shape index (κ1) is 30.0. The Balaban J connectivity index is 0.000000193. The average Bonchev–Trinajstić information content (AvgIpc) is 3.50. The number of aliphatic carboxylic acids is 1. The van der Waals surface area contributed by atoms with E-state index in [4.69, 9.17) is 19.3 Å². The van der Waals surface area contributed by atoms with Crippen molar-refractivity contribution >= 4 is 11.9 Å². The molecular weight excluding hydrogens is 496 g/mol. The lowest BCUT2D eigenvalue weighted by atomic mass is 9.88. The zero-order chi connectivity index (χ0) is 27.6. The van der Waals surface area contributed by atoms with E-state index in [1.165, 1.54) is 25.7 Å². The molecule has 4 saturated heterocycles. The highest BCUT2D eigenvalue weighted by Crippen LogP contribution is 2.32.